The average molecular weight is 292 g/mol. The van der Waals surface area contributed by atoms with E-state index in [-0.39, 0.29) is 5.56 Å². The second kappa shape index (κ2) is 5.65. The van der Waals surface area contributed by atoms with Crippen LogP contribution in [0.15, 0.2) is 65.3 Å². The van der Waals surface area contributed by atoms with E-state index in [0.717, 1.165) is 5.56 Å². The molecule has 3 rings (SSSR count). The Balaban J connectivity index is 1.96. The third kappa shape index (κ3) is 2.64. The van der Waals surface area contributed by atoms with Gasteiger partial charge in [-0.05, 0) is 17.2 Å². The molecule has 0 N–H and O–H groups in total. The standard InChI is InChI=1S/C17H11NO4/c19-16(20)13-8-6-11(7-9-13)10-14-15(18-22-17(14)21)12-4-2-1-3-5-12/h1-10H,(H,19,20)/p-1. The summed E-state index contributed by atoms with van der Waals surface area (Å²) in [4.78, 5) is 27.3. The van der Waals surface area contributed by atoms with Crippen molar-refractivity contribution in [2.24, 2.45) is 5.16 Å². The van der Waals surface area contributed by atoms with Crippen molar-refractivity contribution in [1.82, 2.24) is 0 Å². The number of oxime groups is 1. The van der Waals surface area contributed by atoms with Crippen LogP contribution in [0.3, 0.4) is 0 Å². The van der Waals surface area contributed by atoms with Crippen LogP contribution in [0.1, 0.15) is 21.5 Å². The Labute approximate surface area is 126 Å². The third-order valence-electron chi connectivity index (χ3n) is 3.20. The lowest BCUT2D eigenvalue weighted by atomic mass is 10.0. The zero-order valence-corrected chi connectivity index (χ0v) is 11.4. The van der Waals surface area contributed by atoms with Crippen molar-refractivity contribution >= 4 is 23.7 Å². The van der Waals surface area contributed by atoms with Gasteiger partial charge in [-0.1, -0.05) is 59.8 Å². The van der Waals surface area contributed by atoms with E-state index in [1.165, 1.54) is 12.1 Å². The molecule has 0 unspecified atom stereocenters. The average Bonchev–Trinajstić information content (AvgIpc) is 2.90. The molecule has 2 aromatic rings. The Kier molecular flexibility index (Phi) is 3.53. The van der Waals surface area contributed by atoms with E-state index in [9.17, 15) is 14.7 Å². The molecule has 1 aliphatic rings. The summed E-state index contributed by atoms with van der Waals surface area (Å²) in [7, 11) is 0. The van der Waals surface area contributed by atoms with Crippen LogP contribution in [-0.2, 0) is 9.63 Å². The van der Waals surface area contributed by atoms with Gasteiger partial charge in [0, 0.05) is 5.56 Å². The van der Waals surface area contributed by atoms with E-state index < -0.39 is 11.9 Å². The molecule has 0 spiro atoms. The number of benzene rings is 2. The van der Waals surface area contributed by atoms with E-state index >= 15 is 0 Å². The van der Waals surface area contributed by atoms with Crippen LogP contribution in [0.5, 0.6) is 0 Å². The molecular formula is C17H10NO4-. The fraction of sp³-hybridized carbons (Fsp3) is 0. The zero-order chi connectivity index (χ0) is 15.5. The summed E-state index contributed by atoms with van der Waals surface area (Å²) in [5.74, 6) is -1.78. The normalized spacial score (nSPS) is 15.5. The minimum absolute atomic E-state index is 0.0769. The maximum absolute atomic E-state index is 11.8. The SMILES string of the molecule is O=C1ON=C(c2ccccc2)C1=Cc1ccc(C(=O)[O-])cc1. The lowest BCUT2D eigenvalue weighted by molar-refractivity contribution is -0.255. The van der Waals surface area contributed by atoms with Crippen molar-refractivity contribution in [1.29, 1.82) is 0 Å². The van der Waals surface area contributed by atoms with Crippen molar-refractivity contribution in [3.63, 3.8) is 0 Å². The Morgan fingerprint density at radius 1 is 1.05 bits per heavy atom. The van der Waals surface area contributed by atoms with Crippen molar-refractivity contribution in [3.05, 3.63) is 76.9 Å². The number of carbonyl (C=O) groups is 2. The molecule has 108 valence electrons. The molecule has 0 aromatic heterocycles. The van der Waals surface area contributed by atoms with E-state index in [1.54, 1.807) is 18.2 Å². The van der Waals surface area contributed by atoms with Crippen LogP contribution >= 0.6 is 0 Å². The summed E-state index contributed by atoms with van der Waals surface area (Å²) in [5, 5.41) is 14.5. The van der Waals surface area contributed by atoms with Crippen LogP contribution in [0.2, 0.25) is 0 Å². The monoisotopic (exact) mass is 292 g/mol. The third-order valence-corrected chi connectivity index (χ3v) is 3.20. The molecule has 0 saturated carbocycles. The number of carbonyl (C=O) groups excluding carboxylic acids is 2. The summed E-state index contributed by atoms with van der Waals surface area (Å²) >= 11 is 0. The first-order valence-corrected chi connectivity index (χ1v) is 6.53. The lowest BCUT2D eigenvalue weighted by Crippen LogP contribution is -2.21. The lowest BCUT2D eigenvalue weighted by Gasteiger charge is -2.03. The van der Waals surface area contributed by atoms with Gasteiger partial charge in [0.05, 0.1) is 11.5 Å². The Morgan fingerprint density at radius 2 is 1.73 bits per heavy atom. The zero-order valence-electron chi connectivity index (χ0n) is 11.4. The molecule has 0 atom stereocenters. The molecule has 1 heterocycles. The molecule has 0 fully saturated rings. The van der Waals surface area contributed by atoms with E-state index in [0.29, 0.717) is 16.8 Å². The maximum Gasteiger partial charge on any atom is 0.368 e. The molecule has 0 aliphatic carbocycles. The summed E-state index contributed by atoms with van der Waals surface area (Å²) in [6.45, 7) is 0. The van der Waals surface area contributed by atoms with Gasteiger partial charge in [0.2, 0.25) is 0 Å². The Morgan fingerprint density at radius 3 is 2.36 bits per heavy atom. The summed E-state index contributed by atoms with van der Waals surface area (Å²) < 4.78 is 0. The molecule has 0 radical (unpaired) electrons. The number of hydrogen-bond acceptors (Lipinski definition) is 5. The van der Waals surface area contributed by atoms with Gasteiger partial charge in [0.1, 0.15) is 5.71 Å². The largest absolute Gasteiger partial charge is 0.545 e. The summed E-state index contributed by atoms with van der Waals surface area (Å²) in [5.41, 5.74) is 2.29. The van der Waals surface area contributed by atoms with Crippen LogP contribution < -0.4 is 5.11 Å². The predicted molar refractivity (Wildman–Crippen MR) is 77.8 cm³/mol. The second-order valence-electron chi connectivity index (χ2n) is 4.65. The molecule has 22 heavy (non-hydrogen) atoms. The van der Waals surface area contributed by atoms with Crippen molar-refractivity contribution in [2.45, 2.75) is 0 Å². The smallest absolute Gasteiger partial charge is 0.368 e. The highest BCUT2D eigenvalue weighted by Gasteiger charge is 2.26. The van der Waals surface area contributed by atoms with E-state index in [4.69, 9.17) is 4.84 Å². The number of rotatable bonds is 3. The number of nitrogens with zero attached hydrogens (tertiary/aromatic N) is 1. The fourth-order valence-corrected chi connectivity index (χ4v) is 2.10. The van der Waals surface area contributed by atoms with Gasteiger partial charge < -0.3 is 14.7 Å². The molecular weight excluding hydrogens is 282 g/mol. The second-order valence-corrected chi connectivity index (χ2v) is 4.65. The van der Waals surface area contributed by atoms with E-state index in [1.807, 2.05) is 30.3 Å². The first-order chi connectivity index (χ1) is 10.6. The van der Waals surface area contributed by atoms with Gasteiger partial charge in [0.25, 0.3) is 0 Å². The van der Waals surface area contributed by atoms with Gasteiger partial charge in [-0.25, -0.2) is 4.79 Å². The number of hydrogen-bond donors (Lipinski definition) is 0. The minimum Gasteiger partial charge on any atom is -0.545 e. The number of carboxylic acids is 1. The Bertz CT molecular complexity index is 789. The van der Waals surface area contributed by atoms with Gasteiger partial charge in [0.15, 0.2) is 0 Å². The predicted octanol–water partition coefficient (Wildman–Crippen LogP) is 1.39. The Hall–Kier alpha value is -3.21. The summed E-state index contributed by atoms with van der Waals surface area (Å²) in [6.07, 6.45) is 1.61. The van der Waals surface area contributed by atoms with Gasteiger partial charge >= 0.3 is 5.97 Å². The molecule has 0 amide bonds. The minimum atomic E-state index is -1.24. The molecule has 5 nitrogen and oxygen atoms in total. The number of aromatic carboxylic acids is 1. The molecule has 0 bridgehead atoms. The fourth-order valence-electron chi connectivity index (χ4n) is 2.10. The number of carboxylic acid groups (broad SMARTS) is 1. The highest BCUT2D eigenvalue weighted by molar-refractivity contribution is 6.31. The van der Waals surface area contributed by atoms with Crippen molar-refractivity contribution < 1.29 is 19.5 Å². The molecule has 0 saturated heterocycles. The molecule has 5 heteroatoms. The van der Waals surface area contributed by atoms with Crippen LogP contribution in [-0.4, -0.2) is 17.7 Å². The molecule has 2 aromatic carbocycles. The van der Waals surface area contributed by atoms with Crippen molar-refractivity contribution in [2.75, 3.05) is 0 Å². The van der Waals surface area contributed by atoms with Crippen LogP contribution in [0, 0.1) is 0 Å². The first-order valence-electron chi connectivity index (χ1n) is 6.53. The van der Waals surface area contributed by atoms with Gasteiger partial charge in [-0.15, -0.1) is 0 Å². The van der Waals surface area contributed by atoms with Crippen LogP contribution in [0.25, 0.3) is 6.08 Å². The van der Waals surface area contributed by atoms with E-state index in [2.05, 4.69) is 5.16 Å². The van der Waals surface area contributed by atoms with Crippen molar-refractivity contribution in [3.8, 4) is 0 Å². The van der Waals surface area contributed by atoms with Gasteiger partial charge in [-0.3, -0.25) is 0 Å². The van der Waals surface area contributed by atoms with Crippen LogP contribution in [0.4, 0.5) is 0 Å². The topological polar surface area (TPSA) is 78.8 Å². The maximum atomic E-state index is 11.8. The highest BCUT2D eigenvalue weighted by Crippen LogP contribution is 2.20. The first kappa shape index (κ1) is 13.8. The quantitative estimate of drug-likeness (QED) is 0.632. The summed E-state index contributed by atoms with van der Waals surface area (Å²) in [6, 6.07) is 15.2. The highest BCUT2D eigenvalue weighted by atomic mass is 16.7. The molecule has 1 aliphatic heterocycles. The van der Waals surface area contributed by atoms with Gasteiger partial charge in [-0.2, -0.15) is 0 Å².